The molecule has 0 fully saturated rings. The lowest BCUT2D eigenvalue weighted by molar-refractivity contribution is -0.143. The maximum Gasteiger partial charge on any atom is 0.333 e. The van der Waals surface area contributed by atoms with Crippen LogP contribution >= 0.6 is 0 Å². The molecule has 2 N–H and O–H groups in total. The van der Waals surface area contributed by atoms with E-state index in [1.165, 1.54) is 0 Å². The van der Waals surface area contributed by atoms with E-state index >= 15 is 0 Å². The zero-order valence-electron chi connectivity index (χ0n) is 9.36. The lowest BCUT2D eigenvalue weighted by Gasteiger charge is -1.96. The van der Waals surface area contributed by atoms with Crippen molar-refractivity contribution in [3.8, 4) is 0 Å². The minimum Gasteiger partial charge on any atom is -0.481 e. The molecule has 0 atom stereocenters. The standard InChI is InChI=1S/C6H10O2.C4H6O4/c1-4-8-6(7)5(2)3;5-3(6)1-2-4(7)8/h2,4H2,1,3H3;1-2H2,(H,5,6)(H,7,8). The molecule has 0 radical (unpaired) electrons. The van der Waals surface area contributed by atoms with Gasteiger partial charge in [-0.25, -0.2) is 4.79 Å². The Morgan fingerprint density at radius 3 is 1.62 bits per heavy atom. The van der Waals surface area contributed by atoms with Crippen LogP contribution in [0.1, 0.15) is 26.7 Å². The Kier molecular flexibility index (Phi) is 10.0. The van der Waals surface area contributed by atoms with Crippen molar-refractivity contribution < 1.29 is 29.3 Å². The van der Waals surface area contributed by atoms with Gasteiger partial charge in [0, 0.05) is 5.57 Å². The second-order valence-corrected chi connectivity index (χ2v) is 2.79. The highest BCUT2D eigenvalue weighted by atomic mass is 16.5. The van der Waals surface area contributed by atoms with Crippen molar-refractivity contribution in [1.82, 2.24) is 0 Å². The summed E-state index contributed by atoms with van der Waals surface area (Å²) >= 11 is 0. The van der Waals surface area contributed by atoms with Gasteiger partial charge in [0.15, 0.2) is 0 Å². The fourth-order valence-electron chi connectivity index (χ4n) is 0.468. The lowest BCUT2D eigenvalue weighted by Crippen LogP contribution is -2.03. The highest BCUT2D eigenvalue weighted by Gasteiger charge is 2.00. The molecule has 0 heterocycles. The van der Waals surface area contributed by atoms with Crippen molar-refractivity contribution >= 4 is 17.9 Å². The van der Waals surface area contributed by atoms with Gasteiger partial charge in [-0.15, -0.1) is 0 Å². The Balaban J connectivity index is 0. The molecular formula is C10H16O6. The van der Waals surface area contributed by atoms with E-state index in [0.29, 0.717) is 12.2 Å². The van der Waals surface area contributed by atoms with Gasteiger partial charge < -0.3 is 14.9 Å². The summed E-state index contributed by atoms with van der Waals surface area (Å²) in [5, 5.41) is 15.8. The van der Waals surface area contributed by atoms with Gasteiger partial charge >= 0.3 is 17.9 Å². The van der Waals surface area contributed by atoms with E-state index < -0.39 is 11.9 Å². The van der Waals surface area contributed by atoms with Crippen LogP contribution in [0.15, 0.2) is 12.2 Å². The Morgan fingerprint density at radius 2 is 1.50 bits per heavy atom. The molecule has 0 saturated heterocycles. The minimum absolute atomic E-state index is 0.296. The molecule has 0 unspecified atom stereocenters. The first kappa shape index (κ1) is 16.6. The van der Waals surface area contributed by atoms with Crippen LogP contribution in [-0.4, -0.2) is 34.7 Å². The molecule has 16 heavy (non-hydrogen) atoms. The summed E-state index contributed by atoms with van der Waals surface area (Å²) in [4.78, 5) is 29.7. The number of carbonyl (C=O) groups is 3. The third kappa shape index (κ3) is 14.7. The van der Waals surface area contributed by atoms with E-state index in [1.807, 2.05) is 0 Å². The molecule has 0 aromatic rings. The van der Waals surface area contributed by atoms with Gasteiger partial charge in [-0.05, 0) is 13.8 Å². The van der Waals surface area contributed by atoms with Crippen molar-refractivity contribution in [2.24, 2.45) is 0 Å². The average molecular weight is 232 g/mol. The summed E-state index contributed by atoms with van der Waals surface area (Å²) in [6.45, 7) is 7.21. The first-order valence-electron chi connectivity index (χ1n) is 4.57. The zero-order valence-corrected chi connectivity index (χ0v) is 9.36. The normalized spacial score (nSPS) is 8.38. The number of hydrogen-bond donors (Lipinski definition) is 2. The summed E-state index contributed by atoms with van der Waals surface area (Å²) in [6, 6.07) is 0. The number of carbonyl (C=O) groups excluding carboxylic acids is 1. The predicted octanol–water partition coefficient (Wildman–Crippen LogP) is 1.06. The van der Waals surface area contributed by atoms with E-state index in [0.717, 1.165) is 0 Å². The highest BCUT2D eigenvalue weighted by molar-refractivity contribution is 5.86. The van der Waals surface area contributed by atoms with Crippen LogP contribution < -0.4 is 0 Å². The van der Waals surface area contributed by atoms with Crippen LogP contribution in [0, 0.1) is 0 Å². The third-order valence-electron chi connectivity index (χ3n) is 1.18. The quantitative estimate of drug-likeness (QED) is 0.543. The van der Waals surface area contributed by atoms with Crippen molar-refractivity contribution in [3.05, 3.63) is 12.2 Å². The maximum atomic E-state index is 10.4. The van der Waals surface area contributed by atoms with Gasteiger partial charge in [-0.2, -0.15) is 0 Å². The number of esters is 1. The van der Waals surface area contributed by atoms with Crippen LogP contribution in [0.2, 0.25) is 0 Å². The van der Waals surface area contributed by atoms with E-state index in [-0.39, 0.29) is 18.8 Å². The lowest BCUT2D eigenvalue weighted by atomic mass is 10.3. The molecule has 0 amide bonds. The van der Waals surface area contributed by atoms with E-state index in [4.69, 9.17) is 10.2 Å². The Bertz CT molecular complexity index is 254. The molecule has 6 heteroatoms. The van der Waals surface area contributed by atoms with E-state index in [2.05, 4.69) is 11.3 Å². The smallest absolute Gasteiger partial charge is 0.333 e. The Hall–Kier alpha value is -1.85. The summed E-state index contributed by atoms with van der Waals surface area (Å²) in [5.41, 5.74) is 0.451. The minimum atomic E-state index is -1.08. The molecule has 0 aromatic carbocycles. The molecule has 0 aliphatic heterocycles. The molecule has 0 bridgehead atoms. The largest absolute Gasteiger partial charge is 0.481 e. The summed E-state index contributed by atoms with van der Waals surface area (Å²) in [6.07, 6.45) is -0.593. The Morgan fingerprint density at radius 1 is 1.12 bits per heavy atom. The fourth-order valence-corrected chi connectivity index (χ4v) is 0.468. The molecular weight excluding hydrogens is 216 g/mol. The van der Waals surface area contributed by atoms with Crippen molar-refractivity contribution in [2.45, 2.75) is 26.7 Å². The predicted molar refractivity (Wildman–Crippen MR) is 56.0 cm³/mol. The van der Waals surface area contributed by atoms with Crippen LogP contribution in [0.5, 0.6) is 0 Å². The number of ether oxygens (including phenoxy) is 1. The van der Waals surface area contributed by atoms with Gasteiger partial charge in [0.05, 0.1) is 19.4 Å². The topological polar surface area (TPSA) is 101 Å². The maximum absolute atomic E-state index is 10.4. The first-order valence-corrected chi connectivity index (χ1v) is 4.57. The van der Waals surface area contributed by atoms with Crippen LogP contribution in [0.3, 0.4) is 0 Å². The summed E-state index contributed by atoms with van der Waals surface area (Å²) in [5.74, 6) is -2.47. The van der Waals surface area contributed by atoms with Gasteiger partial charge in [-0.1, -0.05) is 6.58 Å². The number of carboxylic acid groups (broad SMARTS) is 2. The second kappa shape index (κ2) is 9.70. The highest BCUT2D eigenvalue weighted by Crippen LogP contribution is 1.89. The van der Waals surface area contributed by atoms with Crippen molar-refractivity contribution in [3.63, 3.8) is 0 Å². The third-order valence-corrected chi connectivity index (χ3v) is 1.18. The van der Waals surface area contributed by atoms with E-state index in [9.17, 15) is 14.4 Å². The van der Waals surface area contributed by atoms with Gasteiger partial charge in [0.25, 0.3) is 0 Å². The van der Waals surface area contributed by atoms with Crippen molar-refractivity contribution in [2.75, 3.05) is 6.61 Å². The van der Waals surface area contributed by atoms with Gasteiger partial charge in [0.1, 0.15) is 0 Å². The molecule has 92 valence electrons. The van der Waals surface area contributed by atoms with Gasteiger partial charge in [-0.3, -0.25) is 9.59 Å². The molecule has 0 rings (SSSR count). The molecule has 0 aliphatic carbocycles. The number of hydrogen-bond acceptors (Lipinski definition) is 4. The SMILES string of the molecule is C=C(C)C(=O)OCC.O=C(O)CCC(=O)O. The summed E-state index contributed by atoms with van der Waals surface area (Å²) < 4.78 is 4.56. The number of carboxylic acids is 2. The van der Waals surface area contributed by atoms with Crippen LogP contribution in [0.4, 0.5) is 0 Å². The molecule has 0 saturated carbocycles. The second-order valence-electron chi connectivity index (χ2n) is 2.79. The monoisotopic (exact) mass is 232 g/mol. The molecule has 0 aromatic heterocycles. The van der Waals surface area contributed by atoms with Crippen molar-refractivity contribution in [1.29, 1.82) is 0 Å². The zero-order chi connectivity index (χ0) is 13.1. The van der Waals surface area contributed by atoms with Crippen LogP contribution in [0.25, 0.3) is 0 Å². The molecule has 0 aliphatic rings. The average Bonchev–Trinajstić information content (AvgIpc) is 2.16. The van der Waals surface area contributed by atoms with E-state index in [1.54, 1.807) is 13.8 Å². The number of aliphatic carboxylic acids is 2. The van der Waals surface area contributed by atoms with Gasteiger partial charge in [0.2, 0.25) is 0 Å². The fraction of sp³-hybridized carbons (Fsp3) is 0.500. The first-order chi connectivity index (χ1) is 7.31. The Labute approximate surface area is 93.5 Å². The molecule has 0 spiro atoms. The van der Waals surface area contributed by atoms with Crippen LogP contribution in [-0.2, 0) is 19.1 Å². The summed E-state index contributed by atoms with van der Waals surface area (Å²) in [7, 11) is 0. The molecule has 6 nitrogen and oxygen atoms in total. The number of rotatable bonds is 5.